The average Bonchev–Trinajstić information content (AvgIpc) is 3.36. The van der Waals surface area contributed by atoms with Gasteiger partial charge in [0.05, 0.1) is 6.04 Å². The Bertz CT molecular complexity index is 862. The summed E-state index contributed by atoms with van der Waals surface area (Å²) in [6, 6.07) is 11.5. The second kappa shape index (κ2) is 6.93. The van der Waals surface area contributed by atoms with Gasteiger partial charge in [0.25, 0.3) is 0 Å². The van der Waals surface area contributed by atoms with E-state index in [1.807, 2.05) is 28.5 Å². The third-order valence-corrected chi connectivity index (χ3v) is 5.50. The Hall–Kier alpha value is -2.25. The number of hydrogen-bond donors (Lipinski definition) is 0. The first kappa shape index (κ1) is 16.2. The number of likely N-dealkylation sites (tertiary alicyclic amines) is 1. The monoisotopic (exact) mass is 373 g/mol. The Morgan fingerprint density at radius 1 is 1.28 bits per heavy atom. The first-order valence-electron chi connectivity index (χ1n) is 8.07. The normalized spacial score (nSPS) is 17.2. The minimum atomic E-state index is 0.0240. The van der Waals surface area contributed by atoms with Gasteiger partial charge in [0, 0.05) is 22.0 Å². The van der Waals surface area contributed by atoms with Crippen LogP contribution in [0.2, 0.25) is 5.02 Å². The number of aromatic nitrogens is 4. The SMILES string of the molecule is O=C(Cn1nnc(-c2ccc(Cl)cc2)n1)N1CCCC1c1cccs1. The van der Waals surface area contributed by atoms with E-state index in [9.17, 15) is 4.79 Å². The summed E-state index contributed by atoms with van der Waals surface area (Å²) in [5.41, 5.74) is 0.820. The van der Waals surface area contributed by atoms with E-state index in [0.29, 0.717) is 10.8 Å². The molecule has 0 radical (unpaired) electrons. The van der Waals surface area contributed by atoms with Crippen LogP contribution in [-0.2, 0) is 11.3 Å². The lowest BCUT2D eigenvalue weighted by Gasteiger charge is -2.23. The third kappa shape index (κ3) is 3.43. The molecular formula is C17H16ClN5OS. The van der Waals surface area contributed by atoms with E-state index >= 15 is 0 Å². The molecule has 0 bridgehead atoms. The van der Waals surface area contributed by atoms with Crippen molar-refractivity contribution < 1.29 is 4.79 Å². The lowest BCUT2D eigenvalue weighted by molar-refractivity contribution is -0.133. The zero-order chi connectivity index (χ0) is 17.2. The van der Waals surface area contributed by atoms with Crippen molar-refractivity contribution in [2.75, 3.05) is 6.54 Å². The molecule has 1 atom stereocenters. The molecule has 3 aromatic rings. The number of amides is 1. The molecule has 2 aromatic heterocycles. The molecule has 0 spiro atoms. The summed E-state index contributed by atoms with van der Waals surface area (Å²) in [4.78, 5) is 17.2. The van der Waals surface area contributed by atoms with Crippen LogP contribution in [0.4, 0.5) is 0 Å². The Morgan fingerprint density at radius 2 is 2.12 bits per heavy atom. The summed E-state index contributed by atoms with van der Waals surface area (Å²) < 4.78 is 0. The van der Waals surface area contributed by atoms with E-state index in [0.717, 1.165) is 24.9 Å². The molecule has 6 nitrogen and oxygen atoms in total. The van der Waals surface area contributed by atoms with Crippen molar-refractivity contribution in [3.63, 3.8) is 0 Å². The lowest BCUT2D eigenvalue weighted by atomic mass is 10.2. The number of halogens is 1. The predicted molar refractivity (Wildman–Crippen MR) is 96.3 cm³/mol. The molecule has 0 saturated carbocycles. The van der Waals surface area contributed by atoms with Crippen molar-refractivity contribution in [1.82, 2.24) is 25.1 Å². The summed E-state index contributed by atoms with van der Waals surface area (Å²) in [6.45, 7) is 0.878. The van der Waals surface area contributed by atoms with Crippen LogP contribution in [0, 0.1) is 0 Å². The standard InChI is InChI=1S/C17H16ClN5OS/c18-13-7-5-12(6-8-13)17-19-21-23(20-17)11-16(24)22-9-1-3-14(22)15-4-2-10-25-15/h2,4-8,10,14H,1,3,9,11H2. The number of thiophene rings is 1. The molecule has 1 fully saturated rings. The summed E-state index contributed by atoms with van der Waals surface area (Å²) in [7, 11) is 0. The van der Waals surface area contributed by atoms with E-state index in [4.69, 9.17) is 11.6 Å². The highest BCUT2D eigenvalue weighted by Gasteiger charge is 2.30. The summed E-state index contributed by atoms with van der Waals surface area (Å²) in [5, 5.41) is 15.1. The molecular weight excluding hydrogens is 358 g/mol. The summed E-state index contributed by atoms with van der Waals surface area (Å²) in [6.07, 6.45) is 2.03. The van der Waals surface area contributed by atoms with Gasteiger partial charge in [-0.15, -0.1) is 21.5 Å². The van der Waals surface area contributed by atoms with Crippen molar-refractivity contribution in [1.29, 1.82) is 0 Å². The van der Waals surface area contributed by atoms with Crippen LogP contribution in [0.25, 0.3) is 11.4 Å². The van der Waals surface area contributed by atoms with Crippen molar-refractivity contribution in [2.24, 2.45) is 0 Å². The van der Waals surface area contributed by atoms with Crippen molar-refractivity contribution in [2.45, 2.75) is 25.4 Å². The van der Waals surface area contributed by atoms with E-state index in [1.165, 1.54) is 9.67 Å². The Morgan fingerprint density at radius 3 is 2.88 bits per heavy atom. The minimum Gasteiger partial charge on any atom is -0.333 e. The molecule has 1 amide bonds. The van der Waals surface area contributed by atoms with Crippen LogP contribution in [0.3, 0.4) is 0 Å². The zero-order valence-corrected chi connectivity index (χ0v) is 15.0. The number of tetrazole rings is 1. The van der Waals surface area contributed by atoms with Crippen molar-refractivity contribution >= 4 is 28.8 Å². The first-order valence-corrected chi connectivity index (χ1v) is 9.33. The first-order chi connectivity index (χ1) is 12.2. The molecule has 128 valence electrons. The van der Waals surface area contributed by atoms with Gasteiger partial charge in [-0.2, -0.15) is 4.80 Å². The molecule has 1 aliphatic heterocycles. The fraction of sp³-hybridized carbons (Fsp3) is 0.294. The number of benzene rings is 1. The van der Waals surface area contributed by atoms with Gasteiger partial charge < -0.3 is 4.90 Å². The van der Waals surface area contributed by atoms with Crippen LogP contribution in [-0.4, -0.2) is 37.6 Å². The van der Waals surface area contributed by atoms with Crippen molar-refractivity contribution in [3.8, 4) is 11.4 Å². The van der Waals surface area contributed by atoms with Gasteiger partial charge >= 0.3 is 0 Å². The highest BCUT2D eigenvalue weighted by Crippen LogP contribution is 2.34. The highest BCUT2D eigenvalue weighted by atomic mass is 35.5. The van der Waals surface area contributed by atoms with E-state index in [-0.39, 0.29) is 18.5 Å². The summed E-state index contributed by atoms with van der Waals surface area (Å²) in [5.74, 6) is 0.511. The molecule has 4 rings (SSSR count). The van der Waals surface area contributed by atoms with Crippen LogP contribution in [0.5, 0.6) is 0 Å². The largest absolute Gasteiger partial charge is 0.333 e. The fourth-order valence-corrected chi connectivity index (χ4v) is 4.08. The molecule has 25 heavy (non-hydrogen) atoms. The van der Waals surface area contributed by atoms with Crippen LogP contribution in [0.15, 0.2) is 41.8 Å². The molecule has 0 aliphatic carbocycles. The number of nitrogens with zero attached hydrogens (tertiary/aromatic N) is 5. The van der Waals surface area contributed by atoms with E-state index in [2.05, 4.69) is 21.5 Å². The van der Waals surface area contributed by atoms with Crippen LogP contribution in [0.1, 0.15) is 23.8 Å². The number of rotatable bonds is 4. The zero-order valence-electron chi connectivity index (χ0n) is 13.4. The van der Waals surface area contributed by atoms with Crippen LogP contribution >= 0.6 is 22.9 Å². The molecule has 3 heterocycles. The van der Waals surface area contributed by atoms with Gasteiger partial charge in [-0.25, -0.2) is 0 Å². The number of carbonyl (C=O) groups excluding carboxylic acids is 1. The van der Waals surface area contributed by atoms with Gasteiger partial charge in [-0.3, -0.25) is 4.79 Å². The van der Waals surface area contributed by atoms with E-state index in [1.54, 1.807) is 23.5 Å². The smallest absolute Gasteiger partial charge is 0.246 e. The topological polar surface area (TPSA) is 63.9 Å². The highest BCUT2D eigenvalue weighted by molar-refractivity contribution is 7.10. The Balaban J connectivity index is 1.47. The average molecular weight is 374 g/mol. The van der Waals surface area contributed by atoms with E-state index < -0.39 is 0 Å². The number of hydrogen-bond acceptors (Lipinski definition) is 5. The predicted octanol–water partition coefficient (Wildman–Crippen LogP) is 3.42. The van der Waals surface area contributed by atoms with Gasteiger partial charge in [0.15, 0.2) is 0 Å². The Labute approximate surface area is 154 Å². The molecule has 1 unspecified atom stereocenters. The molecule has 1 saturated heterocycles. The second-order valence-corrected chi connectivity index (χ2v) is 7.33. The van der Waals surface area contributed by atoms with Gasteiger partial charge in [-0.1, -0.05) is 17.7 Å². The quantitative estimate of drug-likeness (QED) is 0.703. The fourth-order valence-electron chi connectivity index (χ4n) is 3.08. The maximum atomic E-state index is 12.7. The molecule has 1 aromatic carbocycles. The maximum absolute atomic E-state index is 12.7. The van der Waals surface area contributed by atoms with Crippen molar-refractivity contribution in [3.05, 3.63) is 51.7 Å². The molecule has 8 heteroatoms. The van der Waals surface area contributed by atoms with Gasteiger partial charge in [0.1, 0.15) is 6.54 Å². The molecule has 0 N–H and O–H groups in total. The third-order valence-electron chi connectivity index (χ3n) is 4.28. The Kier molecular flexibility index (Phi) is 4.50. The van der Waals surface area contributed by atoms with Crippen LogP contribution < -0.4 is 0 Å². The summed E-state index contributed by atoms with van der Waals surface area (Å²) >= 11 is 7.59. The van der Waals surface area contributed by atoms with Gasteiger partial charge in [-0.05, 0) is 53.8 Å². The van der Waals surface area contributed by atoms with Gasteiger partial charge in [0.2, 0.25) is 11.7 Å². The minimum absolute atomic E-state index is 0.0240. The lowest BCUT2D eigenvalue weighted by Crippen LogP contribution is -2.33. The number of carbonyl (C=O) groups is 1. The maximum Gasteiger partial charge on any atom is 0.246 e. The second-order valence-electron chi connectivity index (χ2n) is 5.91. The molecule has 1 aliphatic rings.